The third-order valence-corrected chi connectivity index (χ3v) is 3.40. The summed E-state index contributed by atoms with van der Waals surface area (Å²) in [7, 11) is 0. The van der Waals surface area contributed by atoms with Crippen LogP contribution in [-0.4, -0.2) is 34.6 Å². The van der Waals surface area contributed by atoms with Crippen molar-refractivity contribution in [3.05, 3.63) is 5.28 Å². The fourth-order valence-corrected chi connectivity index (χ4v) is 2.34. The minimum Gasteiger partial charge on any atom is -0.354 e. The highest BCUT2D eigenvalue weighted by Crippen LogP contribution is 2.21. The van der Waals surface area contributed by atoms with E-state index in [4.69, 9.17) is 11.6 Å². The second-order valence-corrected chi connectivity index (χ2v) is 5.12. The third-order valence-electron chi connectivity index (χ3n) is 3.23. The minimum absolute atomic E-state index is 0.258. The minimum atomic E-state index is 0.258. The Bertz CT molecular complexity index is 398. The van der Waals surface area contributed by atoms with E-state index in [0.717, 1.165) is 25.6 Å². The molecule has 1 saturated heterocycles. The molecule has 1 unspecified atom stereocenters. The van der Waals surface area contributed by atoms with E-state index in [2.05, 4.69) is 32.1 Å². The molecule has 0 saturated carbocycles. The summed E-state index contributed by atoms with van der Waals surface area (Å²) >= 11 is 5.95. The molecule has 2 rings (SSSR count). The summed E-state index contributed by atoms with van der Waals surface area (Å²) < 4.78 is 0. The van der Waals surface area contributed by atoms with E-state index in [9.17, 15) is 0 Å². The Hall–Kier alpha value is -1.10. The van der Waals surface area contributed by atoms with E-state index >= 15 is 0 Å². The molecule has 1 fully saturated rings. The molecule has 1 aliphatic heterocycles. The number of nitrogens with one attached hydrogen (secondary N) is 1. The smallest absolute Gasteiger partial charge is 0.231 e. The van der Waals surface area contributed by atoms with Crippen LogP contribution in [0.2, 0.25) is 5.28 Å². The van der Waals surface area contributed by atoms with Crippen LogP contribution in [0.25, 0.3) is 0 Å². The Morgan fingerprint density at radius 1 is 1.28 bits per heavy atom. The Balaban J connectivity index is 2.15. The molecule has 0 aromatic carbocycles. The largest absolute Gasteiger partial charge is 0.354 e. The third kappa shape index (κ3) is 3.45. The molecule has 1 aromatic heterocycles. The first-order valence-corrected chi connectivity index (χ1v) is 6.97. The van der Waals surface area contributed by atoms with Gasteiger partial charge in [-0.2, -0.15) is 15.0 Å². The Morgan fingerprint density at radius 2 is 2.11 bits per heavy atom. The Kier molecular flexibility index (Phi) is 4.58. The number of anilines is 2. The molecule has 0 bridgehead atoms. The van der Waals surface area contributed by atoms with E-state index in [-0.39, 0.29) is 5.28 Å². The summed E-state index contributed by atoms with van der Waals surface area (Å²) in [4.78, 5) is 14.9. The lowest BCUT2D eigenvalue weighted by Crippen LogP contribution is -2.27. The highest BCUT2D eigenvalue weighted by atomic mass is 35.5. The summed E-state index contributed by atoms with van der Waals surface area (Å²) in [5.74, 6) is 2.03. The first kappa shape index (κ1) is 13.3. The number of aromatic nitrogens is 3. The van der Waals surface area contributed by atoms with Crippen LogP contribution < -0.4 is 10.2 Å². The van der Waals surface area contributed by atoms with Crippen molar-refractivity contribution in [1.82, 2.24) is 15.0 Å². The van der Waals surface area contributed by atoms with Gasteiger partial charge in [-0.15, -0.1) is 0 Å². The topological polar surface area (TPSA) is 53.9 Å². The Morgan fingerprint density at radius 3 is 2.89 bits per heavy atom. The van der Waals surface area contributed by atoms with Crippen LogP contribution in [0, 0.1) is 5.92 Å². The lowest BCUT2D eigenvalue weighted by molar-refractivity contribution is 0.521. The molecule has 2 heterocycles. The summed E-state index contributed by atoms with van der Waals surface area (Å²) in [5, 5.41) is 3.34. The maximum absolute atomic E-state index is 5.95. The standard InChI is InChI=1S/C12H20ClN5/c1-3-14-11-15-10(13)16-12(17-11)18-7-4-5-9(2)6-8-18/h9H,3-8H2,1-2H3,(H,14,15,16,17). The average molecular weight is 270 g/mol. The molecule has 1 aliphatic rings. The summed E-state index contributed by atoms with van der Waals surface area (Å²) in [6.45, 7) is 7.07. The predicted octanol–water partition coefficient (Wildman–Crippen LogP) is 2.58. The normalized spacial score (nSPS) is 20.6. The van der Waals surface area contributed by atoms with Gasteiger partial charge in [-0.3, -0.25) is 0 Å². The highest BCUT2D eigenvalue weighted by molar-refractivity contribution is 6.28. The monoisotopic (exact) mass is 269 g/mol. The van der Waals surface area contributed by atoms with Crippen molar-refractivity contribution in [2.45, 2.75) is 33.1 Å². The maximum Gasteiger partial charge on any atom is 0.231 e. The number of halogens is 1. The predicted molar refractivity (Wildman–Crippen MR) is 74.2 cm³/mol. The number of hydrogen-bond acceptors (Lipinski definition) is 5. The molecule has 1 aromatic rings. The molecule has 0 aliphatic carbocycles. The van der Waals surface area contributed by atoms with Gasteiger partial charge in [-0.05, 0) is 43.7 Å². The van der Waals surface area contributed by atoms with Gasteiger partial charge in [-0.1, -0.05) is 6.92 Å². The van der Waals surface area contributed by atoms with E-state index in [1.165, 1.54) is 19.3 Å². The van der Waals surface area contributed by atoms with Crippen LogP contribution >= 0.6 is 11.6 Å². The zero-order chi connectivity index (χ0) is 13.0. The van der Waals surface area contributed by atoms with Crippen molar-refractivity contribution in [3.63, 3.8) is 0 Å². The van der Waals surface area contributed by atoms with Gasteiger partial charge in [0.15, 0.2) is 0 Å². The molecule has 1 atom stereocenters. The fraction of sp³-hybridized carbons (Fsp3) is 0.750. The van der Waals surface area contributed by atoms with Crippen molar-refractivity contribution in [3.8, 4) is 0 Å². The first-order valence-electron chi connectivity index (χ1n) is 6.59. The van der Waals surface area contributed by atoms with Crippen molar-refractivity contribution < 1.29 is 0 Å². The van der Waals surface area contributed by atoms with Crippen LogP contribution in [0.5, 0.6) is 0 Å². The highest BCUT2D eigenvalue weighted by Gasteiger charge is 2.17. The van der Waals surface area contributed by atoms with Gasteiger partial charge in [0, 0.05) is 19.6 Å². The van der Waals surface area contributed by atoms with Gasteiger partial charge >= 0.3 is 0 Å². The molecule has 5 nitrogen and oxygen atoms in total. The van der Waals surface area contributed by atoms with Crippen LogP contribution in [0.4, 0.5) is 11.9 Å². The van der Waals surface area contributed by atoms with E-state index in [0.29, 0.717) is 11.9 Å². The van der Waals surface area contributed by atoms with E-state index in [1.54, 1.807) is 0 Å². The molecule has 6 heteroatoms. The van der Waals surface area contributed by atoms with Gasteiger partial charge in [0.1, 0.15) is 0 Å². The summed E-state index contributed by atoms with van der Waals surface area (Å²) in [5.41, 5.74) is 0. The quantitative estimate of drug-likeness (QED) is 0.914. The van der Waals surface area contributed by atoms with Crippen LogP contribution in [0.3, 0.4) is 0 Å². The lowest BCUT2D eigenvalue weighted by atomic mass is 10.0. The number of nitrogens with zero attached hydrogens (tertiary/aromatic N) is 4. The summed E-state index contributed by atoms with van der Waals surface area (Å²) in [6, 6.07) is 0. The van der Waals surface area contributed by atoms with Crippen molar-refractivity contribution in [1.29, 1.82) is 0 Å². The zero-order valence-corrected chi connectivity index (χ0v) is 11.7. The average Bonchev–Trinajstić information content (AvgIpc) is 2.54. The number of rotatable bonds is 3. The Labute approximate surface area is 113 Å². The van der Waals surface area contributed by atoms with Crippen molar-refractivity contribution >= 4 is 23.5 Å². The van der Waals surface area contributed by atoms with Gasteiger partial charge in [0.05, 0.1) is 0 Å². The molecule has 0 amide bonds. The molecule has 0 radical (unpaired) electrons. The molecule has 100 valence electrons. The van der Waals surface area contributed by atoms with Gasteiger partial charge in [0.25, 0.3) is 0 Å². The van der Waals surface area contributed by atoms with E-state index in [1.807, 2.05) is 6.92 Å². The molecule has 1 N–H and O–H groups in total. The zero-order valence-electron chi connectivity index (χ0n) is 11.0. The molecular formula is C12H20ClN5. The molecular weight excluding hydrogens is 250 g/mol. The van der Waals surface area contributed by atoms with Gasteiger partial charge < -0.3 is 10.2 Å². The maximum atomic E-state index is 5.95. The molecule has 0 spiro atoms. The SMILES string of the molecule is CCNc1nc(Cl)nc(N2CCCC(C)CC2)n1. The van der Waals surface area contributed by atoms with Crippen LogP contribution in [0.1, 0.15) is 33.1 Å². The van der Waals surface area contributed by atoms with E-state index < -0.39 is 0 Å². The fourth-order valence-electron chi connectivity index (χ4n) is 2.18. The first-order chi connectivity index (χ1) is 8.69. The molecule has 18 heavy (non-hydrogen) atoms. The summed E-state index contributed by atoms with van der Waals surface area (Å²) in [6.07, 6.45) is 3.64. The van der Waals surface area contributed by atoms with Gasteiger partial charge in [0.2, 0.25) is 17.2 Å². The second kappa shape index (κ2) is 6.18. The number of hydrogen-bond donors (Lipinski definition) is 1. The van der Waals surface area contributed by atoms with Crippen molar-refractivity contribution in [2.75, 3.05) is 29.9 Å². The van der Waals surface area contributed by atoms with Crippen molar-refractivity contribution in [2.24, 2.45) is 5.92 Å². The second-order valence-electron chi connectivity index (χ2n) is 4.78. The van der Waals surface area contributed by atoms with Gasteiger partial charge in [-0.25, -0.2) is 0 Å². The van der Waals surface area contributed by atoms with Crippen LogP contribution in [0.15, 0.2) is 0 Å². The lowest BCUT2D eigenvalue weighted by Gasteiger charge is -2.20. The van der Waals surface area contributed by atoms with Crippen LogP contribution in [-0.2, 0) is 0 Å².